The van der Waals surface area contributed by atoms with Gasteiger partial charge in [-0.2, -0.15) is 0 Å². The van der Waals surface area contributed by atoms with Crippen LogP contribution < -0.4 is 14.8 Å². The number of fused-ring (bicyclic) bond motifs is 1. The average Bonchev–Trinajstić information content (AvgIpc) is 2.53. The molecule has 0 atom stereocenters. The van der Waals surface area contributed by atoms with Crippen molar-refractivity contribution in [3.05, 3.63) is 52.8 Å². The smallest absolute Gasteiger partial charge is 0.254 e. The number of carbonyl (C=O) groups excluding carboxylic acids is 1. The molecule has 0 spiro atoms. The maximum Gasteiger partial charge on any atom is 0.254 e. The van der Waals surface area contributed by atoms with Crippen LogP contribution >= 0.6 is 11.6 Å². The summed E-state index contributed by atoms with van der Waals surface area (Å²) in [7, 11) is 0. The predicted octanol–water partition coefficient (Wildman–Crippen LogP) is 2.44. The molecule has 1 aliphatic heterocycles. The number of benzene rings is 1. The highest BCUT2D eigenvalue weighted by Crippen LogP contribution is 2.30. The number of hydrogen-bond acceptors (Lipinski definition) is 4. The van der Waals surface area contributed by atoms with Gasteiger partial charge in [0.25, 0.3) is 5.91 Å². The Hall–Kier alpha value is -2.27. The van der Waals surface area contributed by atoms with Crippen molar-refractivity contribution < 1.29 is 14.3 Å². The summed E-state index contributed by atoms with van der Waals surface area (Å²) in [6, 6.07) is 8.89. The fraction of sp³-hybridized carbons (Fsp3) is 0.200. The maximum absolute atomic E-state index is 12.0. The summed E-state index contributed by atoms with van der Waals surface area (Å²) in [6.07, 6.45) is 1.54. The maximum atomic E-state index is 12.0. The second kappa shape index (κ2) is 6.01. The Bertz CT molecular complexity index is 676. The molecular formula is C15H13ClN2O3. The van der Waals surface area contributed by atoms with Gasteiger partial charge in [-0.1, -0.05) is 17.7 Å². The molecule has 2 aromatic rings. The van der Waals surface area contributed by atoms with Crippen LogP contribution in [0.1, 0.15) is 15.9 Å². The Morgan fingerprint density at radius 1 is 1.24 bits per heavy atom. The molecule has 0 unspecified atom stereocenters. The van der Waals surface area contributed by atoms with Gasteiger partial charge in [-0.15, -0.1) is 0 Å². The monoisotopic (exact) mass is 304 g/mol. The lowest BCUT2D eigenvalue weighted by atomic mass is 10.2. The molecule has 108 valence electrons. The summed E-state index contributed by atoms with van der Waals surface area (Å²) in [4.78, 5) is 15.9. The predicted molar refractivity (Wildman–Crippen MR) is 77.8 cm³/mol. The van der Waals surface area contributed by atoms with Crippen molar-refractivity contribution in [1.29, 1.82) is 0 Å². The van der Waals surface area contributed by atoms with Crippen LogP contribution in [0.25, 0.3) is 0 Å². The molecule has 1 N–H and O–H groups in total. The third-order valence-electron chi connectivity index (χ3n) is 3.06. The number of pyridine rings is 1. The molecule has 5 nitrogen and oxygen atoms in total. The standard InChI is InChI=1S/C15H13ClN2O3/c16-14-11(2-1-5-17-14)15(19)18-9-10-3-4-12-13(8-10)21-7-6-20-12/h1-5,8H,6-7,9H2,(H,18,19). The molecule has 3 rings (SSSR count). The van der Waals surface area contributed by atoms with Gasteiger partial charge in [-0.25, -0.2) is 4.98 Å². The molecule has 0 aliphatic carbocycles. The zero-order valence-electron chi connectivity index (χ0n) is 11.1. The number of halogens is 1. The first kappa shape index (κ1) is 13.7. The Morgan fingerprint density at radius 2 is 2.05 bits per heavy atom. The topological polar surface area (TPSA) is 60.5 Å². The van der Waals surface area contributed by atoms with Gasteiger partial charge in [0.2, 0.25) is 0 Å². The number of amides is 1. The van der Waals surface area contributed by atoms with Crippen LogP contribution in [0.2, 0.25) is 5.15 Å². The van der Waals surface area contributed by atoms with Crippen molar-refractivity contribution >= 4 is 17.5 Å². The zero-order valence-corrected chi connectivity index (χ0v) is 11.9. The summed E-state index contributed by atoms with van der Waals surface area (Å²) >= 11 is 5.89. The van der Waals surface area contributed by atoms with E-state index in [-0.39, 0.29) is 11.1 Å². The fourth-order valence-corrected chi connectivity index (χ4v) is 2.24. The zero-order chi connectivity index (χ0) is 14.7. The fourth-order valence-electron chi connectivity index (χ4n) is 2.03. The Morgan fingerprint density at radius 3 is 2.86 bits per heavy atom. The van der Waals surface area contributed by atoms with Gasteiger partial charge in [0.15, 0.2) is 11.5 Å². The molecule has 1 aromatic heterocycles. The van der Waals surface area contributed by atoms with Crippen LogP contribution in [0.4, 0.5) is 0 Å². The lowest BCUT2D eigenvalue weighted by molar-refractivity contribution is 0.0950. The van der Waals surface area contributed by atoms with Crippen LogP contribution in [0.3, 0.4) is 0 Å². The number of aromatic nitrogens is 1. The number of hydrogen-bond donors (Lipinski definition) is 1. The van der Waals surface area contributed by atoms with Gasteiger partial charge in [0.1, 0.15) is 18.4 Å². The van der Waals surface area contributed by atoms with Gasteiger partial charge in [0, 0.05) is 12.7 Å². The average molecular weight is 305 g/mol. The number of ether oxygens (including phenoxy) is 2. The lowest BCUT2D eigenvalue weighted by Gasteiger charge is -2.19. The number of rotatable bonds is 3. The van der Waals surface area contributed by atoms with E-state index < -0.39 is 0 Å². The van der Waals surface area contributed by atoms with Crippen LogP contribution in [-0.2, 0) is 6.54 Å². The highest BCUT2D eigenvalue weighted by Gasteiger charge is 2.13. The molecule has 1 amide bonds. The summed E-state index contributed by atoms with van der Waals surface area (Å²) in [6.45, 7) is 1.47. The minimum Gasteiger partial charge on any atom is -0.486 e. The normalized spacial score (nSPS) is 12.8. The van der Waals surface area contributed by atoms with Gasteiger partial charge in [-0.05, 0) is 29.8 Å². The highest BCUT2D eigenvalue weighted by atomic mass is 35.5. The Balaban J connectivity index is 1.68. The molecule has 0 radical (unpaired) electrons. The van der Waals surface area contributed by atoms with Crippen molar-refractivity contribution in [1.82, 2.24) is 10.3 Å². The quantitative estimate of drug-likeness (QED) is 0.885. The Labute approximate surface area is 126 Å². The second-order valence-corrected chi connectivity index (χ2v) is 4.86. The summed E-state index contributed by atoms with van der Waals surface area (Å²) in [5, 5.41) is 2.99. The molecule has 0 saturated heterocycles. The van der Waals surface area contributed by atoms with Crippen molar-refractivity contribution in [3.63, 3.8) is 0 Å². The highest BCUT2D eigenvalue weighted by molar-refractivity contribution is 6.32. The Kier molecular flexibility index (Phi) is 3.92. The number of nitrogens with zero attached hydrogens (tertiary/aromatic N) is 1. The molecule has 2 heterocycles. The molecule has 0 fully saturated rings. The van der Waals surface area contributed by atoms with Crippen molar-refractivity contribution in [2.24, 2.45) is 0 Å². The molecule has 1 aromatic carbocycles. The summed E-state index contributed by atoms with van der Waals surface area (Å²) in [5.74, 6) is 1.17. The third kappa shape index (κ3) is 3.08. The van der Waals surface area contributed by atoms with E-state index in [0.29, 0.717) is 31.1 Å². The minimum absolute atomic E-state index is 0.192. The van der Waals surface area contributed by atoms with E-state index in [1.165, 1.54) is 0 Å². The van der Waals surface area contributed by atoms with Gasteiger partial charge < -0.3 is 14.8 Å². The summed E-state index contributed by atoms with van der Waals surface area (Å²) in [5.41, 5.74) is 1.28. The van der Waals surface area contributed by atoms with Crippen LogP contribution in [-0.4, -0.2) is 24.1 Å². The van der Waals surface area contributed by atoms with Gasteiger partial charge in [0.05, 0.1) is 5.56 Å². The number of carbonyl (C=O) groups is 1. The first-order valence-corrected chi connectivity index (χ1v) is 6.89. The molecule has 0 saturated carbocycles. The van der Waals surface area contributed by atoms with Crippen molar-refractivity contribution in [3.8, 4) is 11.5 Å². The lowest BCUT2D eigenvalue weighted by Crippen LogP contribution is -2.23. The van der Waals surface area contributed by atoms with Crippen molar-refractivity contribution in [2.75, 3.05) is 13.2 Å². The SMILES string of the molecule is O=C(NCc1ccc2c(c1)OCCO2)c1cccnc1Cl. The first-order chi connectivity index (χ1) is 10.2. The van der Waals surface area contributed by atoms with Gasteiger partial charge in [-0.3, -0.25) is 4.79 Å². The van der Waals surface area contributed by atoms with Crippen LogP contribution in [0, 0.1) is 0 Å². The van der Waals surface area contributed by atoms with Crippen LogP contribution in [0.5, 0.6) is 11.5 Å². The van der Waals surface area contributed by atoms with E-state index in [0.717, 1.165) is 11.3 Å². The molecular weight excluding hydrogens is 292 g/mol. The first-order valence-electron chi connectivity index (χ1n) is 6.51. The van der Waals surface area contributed by atoms with E-state index in [4.69, 9.17) is 21.1 Å². The van der Waals surface area contributed by atoms with E-state index in [1.54, 1.807) is 18.3 Å². The third-order valence-corrected chi connectivity index (χ3v) is 3.36. The van der Waals surface area contributed by atoms with E-state index in [2.05, 4.69) is 10.3 Å². The minimum atomic E-state index is -0.261. The second-order valence-electron chi connectivity index (χ2n) is 4.50. The van der Waals surface area contributed by atoms with E-state index in [9.17, 15) is 4.79 Å². The summed E-state index contributed by atoms with van der Waals surface area (Å²) < 4.78 is 11.0. The van der Waals surface area contributed by atoms with E-state index >= 15 is 0 Å². The molecule has 1 aliphatic rings. The molecule has 6 heteroatoms. The van der Waals surface area contributed by atoms with Gasteiger partial charge >= 0.3 is 0 Å². The van der Waals surface area contributed by atoms with Crippen molar-refractivity contribution in [2.45, 2.75) is 6.54 Å². The largest absolute Gasteiger partial charge is 0.486 e. The van der Waals surface area contributed by atoms with E-state index in [1.807, 2.05) is 18.2 Å². The number of nitrogens with one attached hydrogen (secondary N) is 1. The van der Waals surface area contributed by atoms with Crippen LogP contribution in [0.15, 0.2) is 36.5 Å². The molecule has 0 bridgehead atoms. The molecule has 21 heavy (non-hydrogen) atoms.